The smallest absolute Gasteiger partial charge is 0.344 e. The van der Waals surface area contributed by atoms with Crippen molar-refractivity contribution >= 4 is 33.4 Å². The van der Waals surface area contributed by atoms with E-state index in [1.807, 2.05) is 24.3 Å². The highest BCUT2D eigenvalue weighted by atomic mass is 32.1. The van der Waals surface area contributed by atoms with Crippen LogP contribution >= 0.6 is 11.3 Å². The number of halogens is 2. The van der Waals surface area contributed by atoms with Gasteiger partial charge in [-0.05, 0) is 24.3 Å². The second-order valence-corrected chi connectivity index (χ2v) is 6.61. The first kappa shape index (κ1) is 17.9. The van der Waals surface area contributed by atoms with Crippen molar-refractivity contribution in [1.82, 2.24) is 9.88 Å². The first-order chi connectivity index (χ1) is 12.5. The van der Waals surface area contributed by atoms with E-state index >= 15 is 0 Å². The summed E-state index contributed by atoms with van der Waals surface area (Å²) in [4.78, 5) is 29.7. The molecule has 1 heterocycles. The van der Waals surface area contributed by atoms with Gasteiger partial charge in [-0.3, -0.25) is 4.79 Å². The van der Waals surface area contributed by atoms with Crippen LogP contribution in [0.3, 0.4) is 0 Å². The van der Waals surface area contributed by atoms with Crippen LogP contribution in [0, 0.1) is 11.6 Å². The summed E-state index contributed by atoms with van der Waals surface area (Å²) in [5, 5.41) is 0.730. The molecular formula is C18H14F2N2O3S. The van der Waals surface area contributed by atoms with Crippen molar-refractivity contribution in [3.8, 4) is 0 Å². The van der Waals surface area contributed by atoms with Gasteiger partial charge in [-0.25, -0.2) is 18.6 Å². The third-order valence-corrected chi connectivity index (χ3v) is 4.65. The molecule has 0 aliphatic carbocycles. The fourth-order valence-corrected chi connectivity index (χ4v) is 3.30. The first-order valence-electron chi connectivity index (χ1n) is 7.65. The van der Waals surface area contributed by atoms with Crippen molar-refractivity contribution in [2.45, 2.75) is 6.54 Å². The van der Waals surface area contributed by atoms with E-state index in [0.717, 1.165) is 33.4 Å². The minimum atomic E-state index is -1.22. The van der Waals surface area contributed by atoms with Crippen LogP contribution in [0.4, 0.5) is 8.78 Å². The molecule has 5 nitrogen and oxygen atoms in total. The fraction of sp³-hybridized carbons (Fsp3) is 0.167. The third-order valence-electron chi connectivity index (χ3n) is 3.63. The maximum Gasteiger partial charge on any atom is 0.344 e. The molecule has 0 unspecified atom stereocenters. The zero-order valence-electron chi connectivity index (χ0n) is 13.7. The molecule has 2 aromatic carbocycles. The molecule has 26 heavy (non-hydrogen) atoms. The van der Waals surface area contributed by atoms with E-state index < -0.39 is 35.7 Å². The van der Waals surface area contributed by atoms with E-state index in [0.29, 0.717) is 0 Å². The number of likely N-dealkylation sites (N-methyl/N-ethyl adjacent to an activating group) is 1. The molecule has 0 radical (unpaired) electrons. The molecule has 0 atom stereocenters. The lowest BCUT2D eigenvalue weighted by Gasteiger charge is -2.15. The van der Waals surface area contributed by atoms with Gasteiger partial charge in [0.15, 0.2) is 6.61 Å². The number of hydrogen-bond acceptors (Lipinski definition) is 5. The molecule has 0 N–H and O–H groups in total. The van der Waals surface area contributed by atoms with Crippen LogP contribution in [-0.4, -0.2) is 35.4 Å². The number of esters is 1. The van der Waals surface area contributed by atoms with Gasteiger partial charge in [-0.15, -0.1) is 11.3 Å². The second kappa shape index (κ2) is 7.57. The Morgan fingerprint density at radius 3 is 2.50 bits per heavy atom. The molecule has 0 spiro atoms. The highest BCUT2D eigenvalue weighted by Gasteiger charge is 2.21. The molecule has 0 aliphatic rings. The van der Waals surface area contributed by atoms with Crippen molar-refractivity contribution in [3.05, 3.63) is 64.7 Å². The summed E-state index contributed by atoms with van der Waals surface area (Å²) >= 11 is 1.46. The zero-order valence-corrected chi connectivity index (χ0v) is 14.6. The molecule has 1 aromatic heterocycles. The molecule has 0 fully saturated rings. The predicted molar refractivity (Wildman–Crippen MR) is 92.7 cm³/mol. The van der Waals surface area contributed by atoms with Gasteiger partial charge in [0.1, 0.15) is 22.2 Å². The van der Waals surface area contributed by atoms with Crippen molar-refractivity contribution in [2.24, 2.45) is 0 Å². The maximum atomic E-state index is 13.5. The summed E-state index contributed by atoms with van der Waals surface area (Å²) in [6, 6.07) is 10.6. The Bertz CT molecular complexity index is 921. The van der Waals surface area contributed by atoms with Crippen molar-refractivity contribution in [1.29, 1.82) is 0 Å². The van der Waals surface area contributed by atoms with Crippen molar-refractivity contribution in [2.75, 3.05) is 13.7 Å². The van der Waals surface area contributed by atoms with Gasteiger partial charge in [-0.2, -0.15) is 0 Å². The molecule has 0 saturated carbocycles. The number of thiazole rings is 1. The standard InChI is InChI=1S/C18H14F2N2O3S/c1-22(9-15-21-13-7-2-3-8-14(13)26-15)16(23)10-25-18(24)17-11(19)5-4-6-12(17)20/h2-8H,9-10H2,1H3. The molecule has 0 aliphatic heterocycles. The van der Waals surface area contributed by atoms with E-state index in [2.05, 4.69) is 4.98 Å². The molecule has 1 amide bonds. The molecule has 8 heteroatoms. The average Bonchev–Trinajstić information content (AvgIpc) is 3.01. The minimum Gasteiger partial charge on any atom is -0.452 e. The number of nitrogens with zero attached hydrogens (tertiary/aromatic N) is 2. The van der Waals surface area contributed by atoms with Gasteiger partial charge in [-0.1, -0.05) is 18.2 Å². The van der Waals surface area contributed by atoms with E-state index in [1.165, 1.54) is 23.3 Å². The fourth-order valence-electron chi connectivity index (χ4n) is 2.28. The summed E-state index contributed by atoms with van der Waals surface area (Å²) in [6.45, 7) is -0.377. The number of carbonyl (C=O) groups excluding carboxylic acids is 2. The number of amides is 1. The van der Waals surface area contributed by atoms with E-state index in [1.54, 1.807) is 0 Å². The number of hydrogen-bond donors (Lipinski definition) is 0. The van der Waals surface area contributed by atoms with Gasteiger partial charge in [0, 0.05) is 7.05 Å². The lowest BCUT2D eigenvalue weighted by molar-refractivity contribution is -0.133. The Morgan fingerprint density at radius 1 is 1.12 bits per heavy atom. The number of fused-ring (bicyclic) bond motifs is 1. The van der Waals surface area contributed by atoms with Gasteiger partial charge in [0.25, 0.3) is 5.91 Å². The van der Waals surface area contributed by atoms with Crippen LogP contribution < -0.4 is 0 Å². The highest BCUT2D eigenvalue weighted by molar-refractivity contribution is 7.18. The Hall–Kier alpha value is -2.87. The Morgan fingerprint density at radius 2 is 1.81 bits per heavy atom. The monoisotopic (exact) mass is 376 g/mol. The normalized spacial score (nSPS) is 10.7. The molecule has 0 bridgehead atoms. The van der Waals surface area contributed by atoms with Crippen molar-refractivity contribution in [3.63, 3.8) is 0 Å². The molecular weight excluding hydrogens is 362 g/mol. The minimum absolute atomic E-state index is 0.240. The SMILES string of the molecule is CN(Cc1nc2ccccc2s1)C(=O)COC(=O)c1c(F)cccc1F. The summed E-state index contributed by atoms with van der Waals surface area (Å²) in [6.07, 6.45) is 0. The quantitative estimate of drug-likeness (QED) is 0.641. The van der Waals surface area contributed by atoms with E-state index in [4.69, 9.17) is 4.74 Å². The zero-order chi connectivity index (χ0) is 18.7. The van der Waals surface area contributed by atoms with Crippen LogP contribution in [0.5, 0.6) is 0 Å². The van der Waals surface area contributed by atoms with Gasteiger partial charge in [0.2, 0.25) is 0 Å². The number of benzene rings is 2. The number of para-hydroxylation sites is 1. The number of aromatic nitrogens is 1. The molecule has 0 saturated heterocycles. The van der Waals surface area contributed by atoms with Crippen LogP contribution in [0.15, 0.2) is 42.5 Å². The maximum absolute atomic E-state index is 13.5. The Labute approximate surface area is 151 Å². The van der Waals surface area contributed by atoms with Gasteiger partial charge in [0.05, 0.1) is 16.8 Å². The summed E-state index contributed by atoms with van der Waals surface area (Å²) in [5.41, 5.74) is 0.0314. The Balaban J connectivity index is 1.59. The second-order valence-electron chi connectivity index (χ2n) is 5.50. The van der Waals surface area contributed by atoms with E-state index in [9.17, 15) is 18.4 Å². The third kappa shape index (κ3) is 3.85. The number of ether oxygens (including phenoxy) is 1. The van der Waals surface area contributed by atoms with Gasteiger partial charge < -0.3 is 9.64 Å². The van der Waals surface area contributed by atoms with Crippen molar-refractivity contribution < 1.29 is 23.1 Å². The van der Waals surface area contributed by atoms with E-state index in [-0.39, 0.29) is 6.54 Å². The number of carbonyl (C=O) groups is 2. The van der Waals surface area contributed by atoms with Crippen LogP contribution in [-0.2, 0) is 16.1 Å². The molecule has 3 aromatic rings. The van der Waals surface area contributed by atoms with Crippen LogP contribution in [0.1, 0.15) is 15.4 Å². The largest absolute Gasteiger partial charge is 0.452 e. The van der Waals surface area contributed by atoms with Crippen LogP contribution in [0.25, 0.3) is 10.2 Å². The topological polar surface area (TPSA) is 59.5 Å². The average molecular weight is 376 g/mol. The lowest BCUT2D eigenvalue weighted by atomic mass is 10.2. The van der Waals surface area contributed by atoms with Gasteiger partial charge >= 0.3 is 5.97 Å². The molecule has 3 rings (SSSR count). The summed E-state index contributed by atoms with van der Waals surface area (Å²) in [7, 11) is 1.53. The lowest BCUT2D eigenvalue weighted by Crippen LogP contribution is -2.31. The summed E-state index contributed by atoms with van der Waals surface area (Å²) < 4.78 is 32.8. The van der Waals surface area contributed by atoms with Crippen LogP contribution in [0.2, 0.25) is 0 Å². The predicted octanol–water partition coefficient (Wildman–Crippen LogP) is 3.39. The molecule has 134 valence electrons. The number of rotatable bonds is 5. The first-order valence-corrected chi connectivity index (χ1v) is 8.47. The highest BCUT2D eigenvalue weighted by Crippen LogP contribution is 2.22. The summed E-state index contributed by atoms with van der Waals surface area (Å²) in [5.74, 6) is -3.80. The Kier molecular flexibility index (Phi) is 5.22.